The van der Waals surface area contributed by atoms with E-state index < -0.39 is 0 Å². The van der Waals surface area contributed by atoms with E-state index in [1.165, 1.54) is 30.9 Å². The number of hydrogen-bond donors (Lipinski definition) is 2. The highest BCUT2D eigenvalue weighted by Crippen LogP contribution is 2.40. The largest absolute Gasteiger partial charge is 0.271 e. The first-order valence-electron chi connectivity index (χ1n) is 7.20. The SMILES string of the molecule is NNC(c1cc(Br)ccc1F)c1ccccc1C1CCC1. The van der Waals surface area contributed by atoms with E-state index in [2.05, 4.69) is 27.4 Å². The van der Waals surface area contributed by atoms with E-state index in [-0.39, 0.29) is 11.9 Å². The van der Waals surface area contributed by atoms with E-state index in [0.29, 0.717) is 11.5 Å². The van der Waals surface area contributed by atoms with Gasteiger partial charge in [0, 0.05) is 10.0 Å². The molecule has 0 bridgehead atoms. The molecule has 0 amide bonds. The van der Waals surface area contributed by atoms with Gasteiger partial charge in [-0.1, -0.05) is 46.6 Å². The zero-order valence-corrected chi connectivity index (χ0v) is 13.2. The number of nitrogens with one attached hydrogen (secondary N) is 1. The molecule has 2 aromatic carbocycles. The van der Waals surface area contributed by atoms with Crippen LogP contribution in [0.4, 0.5) is 4.39 Å². The average molecular weight is 349 g/mol. The molecule has 0 aromatic heterocycles. The van der Waals surface area contributed by atoms with Crippen LogP contribution in [0, 0.1) is 5.82 Å². The molecule has 2 aromatic rings. The topological polar surface area (TPSA) is 38.0 Å². The minimum Gasteiger partial charge on any atom is -0.271 e. The van der Waals surface area contributed by atoms with Crippen molar-refractivity contribution < 1.29 is 4.39 Å². The Balaban J connectivity index is 2.06. The smallest absolute Gasteiger partial charge is 0.128 e. The van der Waals surface area contributed by atoms with Crippen LogP contribution in [-0.2, 0) is 0 Å². The van der Waals surface area contributed by atoms with Crippen molar-refractivity contribution in [3.63, 3.8) is 0 Å². The summed E-state index contributed by atoms with van der Waals surface area (Å²) in [6.07, 6.45) is 3.68. The lowest BCUT2D eigenvalue weighted by atomic mass is 9.76. The van der Waals surface area contributed by atoms with E-state index in [4.69, 9.17) is 5.84 Å². The highest BCUT2D eigenvalue weighted by atomic mass is 79.9. The summed E-state index contributed by atoms with van der Waals surface area (Å²) >= 11 is 3.40. The molecular formula is C17H18BrFN2. The van der Waals surface area contributed by atoms with Crippen molar-refractivity contribution in [2.24, 2.45) is 5.84 Å². The summed E-state index contributed by atoms with van der Waals surface area (Å²) in [6, 6.07) is 12.8. The third kappa shape index (κ3) is 2.89. The molecule has 0 aliphatic heterocycles. The molecule has 0 heterocycles. The van der Waals surface area contributed by atoms with Gasteiger partial charge in [0.25, 0.3) is 0 Å². The van der Waals surface area contributed by atoms with Gasteiger partial charge >= 0.3 is 0 Å². The van der Waals surface area contributed by atoms with E-state index in [9.17, 15) is 4.39 Å². The van der Waals surface area contributed by atoms with Crippen molar-refractivity contribution in [2.45, 2.75) is 31.2 Å². The van der Waals surface area contributed by atoms with Crippen LogP contribution in [0.5, 0.6) is 0 Å². The fourth-order valence-corrected chi connectivity index (χ4v) is 3.33. The molecule has 1 fully saturated rings. The number of nitrogens with two attached hydrogens (primary N) is 1. The Morgan fingerprint density at radius 1 is 1.14 bits per heavy atom. The van der Waals surface area contributed by atoms with E-state index >= 15 is 0 Å². The molecule has 21 heavy (non-hydrogen) atoms. The zero-order valence-electron chi connectivity index (χ0n) is 11.7. The standard InChI is InChI=1S/C17H18BrFN2/c18-12-8-9-16(19)15(10-12)17(21-20)14-7-2-1-6-13(14)11-4-3-5-11/h1-2,6-11,17,21H,3-5,20H2. The molecule has 3 rings (SSSR count). The van der Waals surface area contributed by atoms with E-state index in [0.717, 1.165) is 10.0 Å². The van der Waals surface area contributed by atoms with Crippen LogP contribution in [0.3, 0.4) is 0 Å². The summed E-state index contributed by atoms with van der Waals surface area (Å²) in [5.74, 6) is 6.08. The van der Waals surface area contributed by atoms with Crippen molar-refractivity contribution in [2.75, 3.05) is 0 Å². The number of benzene rings is 2. The third-order valence-electron chi connectivity index (χ3n) is 4.29. The van der Waals surface area contributed by atoms with Crippen molar-refractivity contribution >= 4 is 15.9 Å². The first-order valence-corrected chi connectivity index (χ1v) is 8.00. The van der Waals surface area contributed by atoms with Crippen molar-refractivity contribution in [3.8, 4) is 0 Å². The number of rotatable bonds is 4. The highest BCUT2D eigenvalue weighted by molar-refractivity contribution is 9.10. The summed E-state index contributed by atoms with van der Waals surface area (Å²) < 4.78 is 15.1. The maximum atomic E-state index is 14.2. The van der Waals surface area contributed by atoms with Gasteiger partial charge < -0.3 is 0 Å². The maximum absolute atomic E-state index is 14.2. The second-order valence-corrected chi connectivity index (χ2v) is 6.44. The maximum Gasteiger partial charge on any atom is 0.128 e. The highest BCUT2D eigenvalue weighted by Gasteiger charge is 2.26. The number of hydrogen-bond acceptors (Lipinski definition) is 2. The van der Waals surface area contributed by atoms with Gasteiger partial charge in [-0.15, -0.1) is 0 Å². The normalized spacial score (nSPS) is 16.5. The monoisotopic (exact) mass is 348 g/mol. The van der Waals surface area contributed by atoms with Gasteiger partial charge in [0.2, 0.25) is 0 Å². The Morgan fingerprint density at radius 3 is 2.57 bits per heavy atom. The molecule has 2 nitrogen and oxygen atoms in total. The quantitative estimate of drug-likeness (QED) is 0.634. The first-order chi connectivity index (χ1) is 10.2. The predicted molar refractivity (Wildman–Crippen MR) is 86.3 cm³/mol. The van der Waals surface area contributed by atoms with Crippen molar-refractivity contribution in [3.05, 3.63) is 69.4 Å². The minimum absolute atomic E-state index is 0.246. The zero-order chi connectivity index (χ0) is 14.8. The predicted octanol–water partition coefficient (Wildman–Crippen LogP) is 4.41. The van der Waals surface area contributed by atoms with Crippen LogP contribution < -0.4 is 11.3 Å². The lowest BCUT2D eigenvalue weighted by molar-refractivity contribution is 0.413. The van der Waals surface area contributed by atoms with Gasteiger partial charge in [-0.2, -0.15) is 0 Å². The first kappa shape index (κ1) is 14.7. The Labute approximate surface area is 132 Å². The van der Waals surface area contributed by atoms with Gasteiger partial charge in [0.05, 0.1) is 6.04 Å². The molecule has 0 spiro atoms. The Bertz CT molecular complexity index is 640. The molecule has 3 N–H and O–H groups in total. The fraction of sp³-hybridized carbons (Fsp3) is 0.294. The molecule has 1 aliphatic rings. The van der Waals surface area contributed by atoms with Gasteiger partial charge in [-0.05, 0) is 48.1 Å². The van der Waals surface area contributed by atoms with Gasteiger partial charge in [0.15, 0.2) is 0 Å². The molecule has 110 valence electrons. The molecule has 4 heteroatoms. The molecule has 1 atom stereocenters. The lowest BCUT2D eigenvalue weighted by Gasteiger charge is -2.30. The number of halogens is 2. The summed E-state index contributed by atoms with van der Waals surface area (Å²) in [7, 11) is 0. The molecule has 0 radical (unpaired) electrons. The van der Waals surface area contributed by atoms with Crippen LogP contribution in [0.2, 0.25) is 0 Å². The molecule has 1 aliphatic carbocycles. The van der Waals surface area contributed by atoms with Gasteiger partial charge in [-0.3, -0.25) is 5.84 Å². The fourth-order valence-electron chi connectivity index (χ4n) is 2.95. The number of hydrazine groups is 1. The summed E-state index contributed by atoms with van der Waals surface area (Å²) in [4.78, 5) is 0. The molecule has 1 saturated carbocycles. The van der Waals surface area contributed by atoms with Crippen molar-refractivity contribution in [1.82, 2.24) is 5.43 Å². The van der Waals surface area contributed by atoms with Crippen molar-refractivity contribution in [1.29, 1.82) is 0 Å². The van der Waals surface area contributed by atoms with Crippen LogP contribution in [0.25, 0.3) is 0 Å². The molecular weight excluding hydrogens is 331 g/mol. The molecule has 1 unspecified atom stereocenters. The Kier molecular flexibility index (Phi) is 4.38. The Morgan fingerprint density at radius 2 is 1.90 bits per heavy atom. The van der Waals surface area contributed by atoms with Crippen LogP contribution in [-0.4, -0.2) is 0 Å². The lowest BCUT2D eigenvalue weighted by Crippen LogP contribution is -2.31. The summed E-state index contributed by atoms with van der Waals surface area (Å²) in [6.45, 7) is 0. The van der Waals surface area contributed by atoms with Gasteiger partial charge in [0.1, 0.15) is 5.82 Å². The van der Waals surface area contributed by atoms with E-state index in [1.807, 2.05) is 18.2 Å². The summed E-state index contributed by atoms with van der Waals surface area (Å²) in [5.41, 5.74) is 5.71. The van der Waals surface area contributed by atoms with Crippen LogP contribution in [0.15, 0.2) is 46.9 Å². The Hall–Kier alpha value is -1.23. The van der Waals surface area contributed by atoms with E-state index in [1.54, 1.807) is 12.1 Å². The van der Waals surface area contributed by atoms with Crippen LogP contribution in [0.1, 0.15) is 47.9 Å². The van der Waals surface area contributed by atoms with Gasteiger partial charge in [-0.25, -0.2) is 9.82 Å². The summed E-state index contributed by atoms with van der Waals surface area (Å²) in [5, 5.41) is 0. The second-order valence-electron chi connectivity index (χ2n) is 5.52. The third-order valence-corrected chi connectivity index (χ3v) is 4.78. The second kappa shape index (κ2) is 6.26. The van der Waals surface area contributed by atoms with Crippen LogP contribution >= 0.6 is 15.9 Å². The minimum atomic E-state index is -0.334. The average Bonchev–Trinajstić information content (AvgIpc) is 2.43. The molecule has 0 saturated heterocycles.